The molecule has 1 fully saturated rings. The summed E-state index contributed by atoms with van der Waals surface area (Å²) < 4.78 is 6.93. The Labute approximate surface area is 169 Å². The quantitative estimate of drug-likeness (QED) is 0.665. The summed E-state index contributed by atoms with van der Waals surface area (Å²) in [4.78, 5) is 34.9. The van der Waals surface area contributed by atoms with Gasteiger partial charge in [-0.2, -0.15) is 0 Å². The summed E-state index contributed by atoms with van der Waals surface area (Å²) in [5.41, 5.74) is 1.59. The number of hydrogen-bond acceptors (Lipinski definition) is 5. The number of piperazine rings is 1. The van der Waals surface area contributed by atoms with Crippen LogP contribution in [0.1, 0.15) is 35.2 Å². The zero-order valence-electron chi connectivity index (χ0n) is 16.9. The molecule has 0 N–H and O–H groups in total. The number of rotatable bonds is 5. The molecule has 1 saturated heterocycles. The standard InChI is InChI=1S/C22H26N4O3/c1-3-7-24-9-11-25(12-10-24)21(27)18-14-19-20(23-16(18)2)6-8-26(22(19)28)15-17-5-4-13-29-17/h4-6,8,13-14H,3,7,9-12,15H2,1-2H3. The van der Waals surface area contributed by atoms with Gasteiger partial charge < -0.3 is 13.9 Å². The molecule has 3 aromatic rings. The molecule has 0 atom stereocenters. The molecule has 0 radical (unpaired) electrons. The van der Waals surface area contributed by atoms with E-state index in [-0.39, 0.29) is 11.5 Å². The summed E-state index contributed by atoms with van der Waals surface area (Å²) in [7, 11) is 0. The van der Waals surface area contributed by atoms with Crippen molar-refractivity contribution in [1.82, 2.24) is 19.4 Å². The summed E-state index contributed by atoms with van der Waals surface area (Å²) in [5, 5.41) is 0.456. The second kappa shape index (κ2) is 8.21. The van der Waals surface area contributed by atoms with Gasteiger partial charge in [-0.05, 0) is 44.2 Å². The van der Waals surface area contributed by atoms with Crippen LogP contribution < -0.4 is 5.56 Å². The van der Waals surface area contributed by atoms with Gasteiger partial charge in [-0.15, -0.1) is 0 Å². The maximum Gasteiger partial charge on any atom is 0.260 e. The van der Waals surface area contributed by atoms with Gasteiger partial charge in [0.1, 0.15) is 5.76 Å². The molecule has 0 unspecified atom stereocenters. The number of carbonyl (C=O) groups is 1. The molecule has 4 heterocycles. The third-order valence-electron chi connectivity index (χ3n) is 5.48. The fraction of sp³-hybridized carbons (Fsp3) is 0.409. The van der Waals surface area contributed by atoms with Gasteiger partial charge in [-0.25, -0.2) is 0 Å². The molecule has 1 amide bonds. The van der Waals surface area contributed by atoms with E-state index in [9.17, 15) is 9.59 Å². The lowest BCUT2D eigenvalue weighted by Crippen LogP contribution is -2.48. The molecule has 0 aliphatic carbocycles. The van der Waals surface area contributed by atoms with Crippen LogP contribution in [0, 0.1) is 6.92 Å². The van der Waals surface area contributed by atoms with Crippen molar-refractivity contribution < 1.29 is 9.21 Å². The van der Waals surface area contributed by atoms with Gasteiger partial charge in [-0.3, -0.25) is 19.5 Å². The first kappa shape index (κ1) is 19.4. The highest BCUT2D eigenvalue weighted by molar-refractivity contribution is 5.98. The Balaban J connectivity index is 1.62. The van der Waals surface area contributed by atoms with E-state index in [1.165, 1.54) is 0 Å². The molecule has 0 saturated carbocycles. The van der Waals surface area contributed by atoms with Gasteiger partial charge in [0.15, 0.2) is 0 Å². The number of aromatic nitrogens is 2. The number of aryl methyl sites for hydroxylation is 1. The highest BCUT2D eigenvalue weighted by atomic mass is 16.3. The van der Waals surface area contributed by atoms with Gasteiger partial charge in [0.2, 0.25) is 0 Å². The monoisotopic (exact) mass is 394 g/mol. The van der Waals surface area contributed by atoms with Crippen molar-refractivity contribution in [2.75, 3.05) is 32.7 Å². The number of fused-ring (bicyclic) bond motifs is 1. The van der Waals surface area contributed by atoms with Crippen molar-refractivity contribution in [3.63, 3.8) is 0 Å². The molecule has 3 aromatic heterocycles. The predicted molar refractivity (Wildman–Crippen MR) is 111 cm³/mol. The number of carbonyl (C=O) groups excluding carboxylic acids is 1. The number of hydrogen-bond donors (Lipinski definition) is 0. The van der Waals surface area contributed by atoms with Crippen LogP contribution in [0.5, 0.6) is 0 Å². The maximum absolute atomic E-state index is 13.1. The van der Waals surface area contributed by atoms with Crippen LogP contribution in [-0.4, -0.2) is 58.0 Å². The molecule has 7 nitrogen and oxygen atoms in total. The van der Waals surface area contributed by atoms with Gasteiger partial charge in [0.05, 0.1) is 35.0 Å². The van der Waals surface area contributed by atoms with E-state index in [1.807, 2.05) is 24.0 Å². The summed E-state index contributed by atoms with van der Waals surface area (Å²) in [5.74, 6) is 0.654. The van der Waals surface area contributed by atoms with E-state index in [4.69, 9.17) is 4.42 Å². The van der Waals surface area contributed by atoms with Crippen LogP contribution in [-0.2, 0) is 6.54 Å². The summed E-state index contributed by atoms with van der Waals surface area (Å²) in [6, 6.07) is 7.14. The van der Waals surface area contributed by atoms with Crippen molar-refractivity contribution >= 4 is 16.8 Å². The third kappa shape index (κ3) is 3.96. The molecule has 0 bridgehead atoms. The first-order valence-corrected chi connectivity index (χ1v) is 10.1. The molecule has 152 valence electrons. The molecule has 0 spiro atoms. The Morgan fingerprint density at radius 3 is 2.69 bits per heavy atom. The van der Waals surface area contributed by atoms with Crippen LogP contribution >= 0.6 is 0 Å². The largest absolute Gasteiger partial charge is 0.467 e. The Hall–Kier alpha value is -2.93. The van der Waals surface area contributed by atoms with Crippen LogP contribution in [0.2, 0.25) is 0 Å². The predicted octanol–water partition coefficient (Wildman–Crippen LogP) is 2.51. The van der Waals surface area contributed by atoms with E-state index in [1.54, 1.807) is 29.2 Å². The molecule has 1 aliphatic rings. The van der Waals surface area contributed by atoms with Crippen LogP contribution in [0.3, 0.4) is 0 Å². The minimum Gasteiger partial charge on any atom is -0.467 e. The van der Waals surface area contributed by atoms with Crippen molar-refractivity contribution in [3.8, 4) is 0 Å². The van der Waals surface area contributed by atoms with Crippen molar-refractivity contribution in [3.05, 3.63) is 64.1 Å². The van der Waals surface area contributed by atoms with E-state index >= 15 is 0 Å². The van der Waals surface area contributed by atoms with Crippen molar-refractivity contribution in [1.29, 1.82) is 0 Å². The van der Waals surface area contributed by atoms with Crippen molar-refractivity contribution in [2.45, 2.75) is 26.8 Å². The SMILES string of the molecule is CCCN1CCN(C(=O)c2cc3c(=O)n(Cc4ccco4)ccc3nc2C)CC1. The highest BCUT2D eigenvalue weighted by Gasteiger charge is 2.24. The minimum absolute atomic E-state index is 0.0473. The van der Waals surface area contributed by atoms with Crippen LogP contribution in [0.4, 0.5) is 0 Å². The smallest absolute Gasteiger partial charge is 0.260 e. The van der Waals surface area contributed by atoms with Gasteiger partial charge >= 0.3 is 0 Å². The lowest BCUT2D eigenvalue weighted by molar-refractivity contribution is 0.0636. The van der Waals surface area contributed by atoms with Gasteiger partial charge in [0.25, 0.3) is 11.5 Å². The fourth-order valence-corrected chi connectivity index (χ4v) is 3.88. The maximum atomic E-state index is 13.1. The molecular weight excluding hydrogens is 368 g/mol. The summed E-state index contributed by atoms with van der Waals surface area (Å²) in [6.07, 6.45) is 4.42. The molecule has 4 rings (SSSR count). The molecule has 0 aromatic carbocycles. The number of nitrogens with zero attached hydrogens (tertiary/aromatic N) is 4. The molecular formula is C22H26N4O3. The summed E-state index contributed by atoms with van der Waals surface area (Å²) >= 11 is 0. The molecule has 7 heteroatoms. The lowest BCUT2D eigenvalue weighted by Gasteiger charge is -2.34. The third-order valence-corrected chi connectivity index (χ3v) is 5.48. The Morgan fingerprint density at radius 2 is 2.00 bits per heavy atom. The lowest BCUT2D eigenvalue weighted by atomic mass is 10.1. The number of furan rings is 1. The molecule has 1 aliphatic heterocycles. The first-order valence-electron chi connectivity index (χ1n) is 10.1. The van der Waals surface area contributed by atoms with Crippen LogP contribution in [0.25, 0.3) is 10.9 Å². The first-order chi connectivity index (χ1) is 14.1. The van der Waals surface area contributed by atoms with Gasteiger partial charge in [0, 0.05) is 32.4 Å². The van der Waals surface area contributed by atoms with E-state index in [0.29, 0.717) is 47.6 Å². The average molecular weight is 394 g/mol. The Morgan fingerprint density at radius 1 is 1.21 bits per heavy atom. The highest BCUT2D eigenvalue weighted by Crippen LogP contribution is 2.17. The zero-order chi connectivity index (χ0) is 20.4. The van der Waals surface area contributed by atoms with Gasteiger partial charge in [-0.1, -0.05) is 6.92 Å². The second-order valence-electron chi connectivity index (χ2n) is 7.52. The van der Waals surface area contributed by atoms with Crippen LogP contribution in [0.15, 0.2) is 45.9 Å². The Kier molecular flexibility index (Phi) is 5.49. The topological polar surface area (TPSA) is 71.6 Å². The minimum atomic E-state index is -0.173. The summed E-state index contributed by atoms with van der Waals surface area (Å²) in [6.45, 7) is 8.58. The second-order valence-corrected chi connectivity index (χ2v) is 7.52. The van der Waals surface area contributed by atoms with E-state index < -0.39 is 0 Å². The van der Waals surface area contributed by atoms with E-state index in [0.717, 1.165) is 26.1 Å². The average Bonchev–Trinajstić information content (AvgIpc) is 3.23. The zero-order valence-corrected chi connectivity index (χ0v) is 16.9. The van der Waals surface area contributed by atoms with E-state index in [2.05, 4.69) is 16.8 Å². The fourth-order valence-electron chi connectivity index (χ4n) is 3.88. The Bertz CT molecular complexity index is 1060. The number of amides is 1. The van der Waals surface area contributed by atoms with Crippen molar-refractivity contribution in [2.24, 2.45) is 0 Å². The molecule has 29 heavy (non-hydrogen) atoms. The normalized spacial score (nSPS) is 15.2. The number of pyridine rings is 2.